The number of hydrogen-bond donors (Lipinski definition) is 2. The Labute approximate surface area is 264 Å². The van der Waals surface area contributed by atoms with Crippen LogP contribution in [0.4, 0.5) is 0 Å². The van der Waals surface area contributed by atoms with Crippen LogP contribution in [-0.4, -0.2) is 44.9 Å². The second-order valence-electron chi connectivity index (χ2n) is 11.9. The Balaban J connectivity index is 0.00000271. The average molecular weight is 621 g/mol. The van der Waals surface area contributed by atoms with Crippen molar-refractivity contribution in [2.75, 3.05) is 0 Å². The number of carbonyl (C=O) groups is 4. The number of esters is 1. The predicted molar refractivity (Wildman–Crippen MR) is 168 cm³/mol. The standard InChI is InChI=1S/C34H40O9.C2H4/c1-21-11-13-25(19-23(21)3)29(35)33(39)15-7-5-9-27(33)31(37)41-17-18-42-43-32(38)28-10-6-8-16-34(28,40)30(36)26-14-12-22(2)24(4)20-26;1-2/h11-14,17-20,27-28,39-40H,5-10,15-16H2,1-4H3;1-2H2/b18-17-;. The van der Waals surface area contributed by atoms with Gasteiger partial charge in [-0.15, -0.1) is 13.2 Å². The van der Waals surface area contributed by atoms with E-state index in [2.05, 4.69) is 13.2 Å². The van der Waals surface area contributed by atoms with Crippen molar-refractivity contribution in [1.29, 1.82) is 0 Å². The molecular weight excluding hydrogens is 576 g/mol. The molecule has 2 aliphatic rings. The molecule has 2 saturated carbocycles. The molecule has 0 heterocycles. The number of aliphatic hydroxyl groups is 2. The van der Waals surface area contributed by atoms with Crippen LogP contribution in [0.25, 0.3) is 0 Å². The molecule has 0 radical (unpaired) electrons. The van der Waals surface area contributed by atoms with Gasteiger partial charge in [0.05, 0.1) is 11.8 Å². The SMILES string of the molecule is C=C.Cc1ccc(C(=O)C2(O)CCCCC2C(=O)O/C=C\OOC(=O)C2CCCCC2(O)C(=O)c2ccc(C)c(C)c2)cc1C. The van der Waals surface area contributed by atoms with Crippen LogP contribution in [0.15, 0.2) is 62.1 Å². The van der Waals surface area contributed by atoms with Gasteiger partial charge in [-0.25, -0.2) is 4.79 Å². The number of ketones is 2. The van der Waals surface area contributed by atoms with Crippen LogP contribution >= 0.6 is 0 Å². The molecule has 2 aromatic carbocycles. The first-order chi connectivity index (χ1) is 21.4. The highest BCUT2D eigenvalue weighted by Crippen LogP contribution is 2.39. The third-order valence-electron chi connectivity index (χ3n) is 9.07. The van der Waals surface area contributed by atoms with E-state index in [1.807, 2.05) is 27.7 Å². The number of ether oxygens (including phenoxy) is 1. The highest BCUT2D eigenvalue weighted by atomic mass is 17.2. The van der Waals surface area contributed by atoms with Crippen LogP contribution in [-0.2, 0) is 24.1 Å². The lowest BCUT2D eigenvalue weighted by atomic mass is 9.71. The first-order valence-electron chi connectivity index (χ1n) is 15.3. The number of hydrogen-bond acceptors (Lipinski definition) is 9. The molecule has 4 unspecified atom stereocenters. The number of rotatable bonds is 9. The summed E-state index contributed by atoms with van der Waals surface area (Å²) in [5, 5.41) is 22.7. The zero-order valence-corrected chi connectivity index (χ0v) is 26.6. The number of carbonyl (C=O) groups excluding carboxylic acids is 4. The molecule has 2 aromatic rings. The van der Waals surface area contributed by atoms with Crippen molar-refractivity contribution >= 4 is 23.5 Å². The van der Waals surface area contributed by atoms with Crippen molar-refractivity contribution in [3.8, 4) is 0 Å². The Bertz CT molecular complexity index is 1440. The van der Waals surface area contributed by atoms with Crippen molar-refractivity contribution in [2.24, 2.45) is 11.8 Å². The number of aryl methyl sites for hydroxylation is 4. The second-order valence-corrected chi connectivity index (χ2v) is 11.9. The van der Waals surface area contributed by atoms with Gasteiger partial charge in [-0.1, -0.05) is 49.9 Å². The summed E-state index contributed by atoms with van der Waals surface area (Å²) in [6.07, 6.45) is 4.87. The average Bonchev–Trinajstić information content (AvgIpc) is 3.04. The molecule has 0 aromatic heterocycles. The molecule has 45 heavy (non-hydrogen) atoms. The van der Waals surface area contributed by atoms with Gasteiger partial charge in [0, 0.05) is 11.1 Å². The number of benzene rings is 2. The first kappa shape index (κ1) is 35.4. The molecule has 0 amide bonds. The van der Waals surface area contributed by atoms with Gasteiger partial charge in [-0.05, 0) is 87.8 Å². The van der Waals surface area contributed by atoms with E-state index in [9.17, 15) is 29.4 Å². The van der Waals surface area contributed by atoms with Gasteiger partial charge in [0.25, 0.3) is 0 Å². The summed E-state index contributed by atoms with van der Waals surface area (Å²) in [5.41, 5.74) is 0.608. The van der Waals surface area contributed by atoms with Crippen molar-refractivity contribution in [3.63, 3.8) is 0 Å². The van der Waals surface area contributed by atoms with Crippen molar-refractivity contribution in [2.45, 2.75) is 90.3 Å². The molecule has 9 nitrogen and oxygen atoms in total. The Morgan fingerprint density at radius 3 is 1.58 bits per heavy atom. The summed E-state index contributed by atoms with van der Waals surface area (Å²) in [6.45, 7) is 13.6. The van der Waals surface area contributed by atoms with E-state index in [0.29, 0.717) is 36.8 Å². The zero-order chi connectivity index (χ0) is 33.4. The summed E-state index contributed by atoms with van der Waals surface area (Å²) in [7, 11) is 0. The van der Waals surface area contributed by atoms with Gasteiger partial charge in [-0.3, -0.25) is 24.2 Å². The lowest BCUT2D eigenvalue weighted by Gasteiger charge is -2.37. The first-order valence-corrected chi connectivity index (χ1v) is 15.3. The molecule has 2 aliphatic carbocycles. The zero-order valence-electron chi connectivity index (χ0n) is 26.6. The van der Waals surface area contributed by atoms with Crippen LogP contribution in [0.2, 0.25) is 0 Å². The van der Waals surface area contributed by atoms with Crippen LogP contribution in [0.5, 0.6) is 0 Å². The lowest BCUT2D eigenvalue weighted by Crippen LogP contribution is -2.51. The minimum Gasteiger partial charge on any atom is -0.431 e. The highest BCUT2D eigenvalue weighted by molar-refractivity contribution is 6.05. The maximum atomic E-state index is 13.3. The molecule has 4 rings (SSSR count). The van der Waals surface area contributed by atoms with Gasteiger partial charge in [-0.2, -0.15) is 0 Å². The third-order valence-corrected chi connectivity index (χ3v) is 9.07. The van der Waals surface area contributed by atoms with E-state index < -0.39 is 46.5 Å². The molecule has 0 bridgehead atoms. The molecule has 0 spiro atoms. The van der Waals surface area contributed by atoms with Crippen LogP contribution in [0.3, 0.4) is 0 Å². The quantitative estimate of drug-likeness (QED) is 0.0848. The maximum absolute atomic E-state index is 13.3. The topological polar surface area (TPSA) is 136 Å². The monoisotopic (exact) mass is 620 g/mol. The van der Waals surface area contributed by atoms with Gasteiger partial charge in [0.2, 0.25) is 0 Å². The Morgan fingerprint density at radius 1 is 0.689 bits per heavy atom. The van der Waals surface area contributed by atoms with Crippen LogP contribution < -0.4 is 0 Å². The van der Waals surface area contributed by atoms with Gasteiger partial charge < -0.3 is 14.9 Å². The van der Waals surface area contributed by atoms with E-state index in [0.717, 1.165) is 34.8 Å². The minimum absolute atomic E-state index is 0.108. The normalized spacial score (nSPS) is 24.6. The molecule has 0 saturated heterocycles. The fourth-order valence-electron chi connectivity index (χ4n) is 6.08. The highest BCUT2D eigenvalue weighted by Gasteiger charge is 2.51. The maximum Gasteiger partial charge on any atom is 0.361 e. The second kappa shape index (κ2) is 15.3. The lowest BCUT2D eigenvalue weighted by molar-refractivity contribution is -0.249. The largest absolute Gasteiger partial charge is 0.431 e. The van der Waals surface area contributed by atoms with Gasteiger partial charge in [0.15, 0.2) is 17.8 Å². The Hall–Kier alpha value is -4.08. The molecular formula is C36H44O9. The van der Waals surface area contributed by atoms with E-state index in [4.69, 9.17) is 14.5 Å². The Kier molecular flexibility index (Phi) is 12.0. The molecule has 0 aliphatic heterocycles. The van der Waals surface area contributed by atoms with Crippen molar-refractivity contribution in [3.05, 3.63) is 95.5 Å². The number of Topliss-reactive ketones (excluding diaryl/α,β-unsaturated/α-hetero) is 2. The van der Waals surface area contributed by atoms with E-state index in [1.165, 1.54) is 0 Å². The molecule has 242 valence electrons. The van der Waals surface area contributed by atoms with Crippen LogP contribution in [0, 0.1) is 39.5 Å². The summed E-state index contributed by atoms with van der Waals surface area (Å²) >= 11 is 0. The fraction of sp³-hybridized carbons (Fsp3) is 0.444. The molecule has 2 fully saturated rings. The third kappa shape index (κ3) is 7.78. The van der Waals surface area contributed by atoms with Crippen LogP contribution in [0.1, 0.15) is 94.3 Å². The summed E-state index contributed by atoms with van der Waals surface area (Å²) in [4.78, 5) is 62.1. The summed E-state index contributed by atoms with van der Waals surface area (Å²) < 4.78 is 5.14. The molecule has 2 N–H and O–H groups in total. The fourth-order valence-corrected chi connectivity index (χ4v) is 6.08. The minimum atomic E-state index is -1.94. The van der Waals surface area contributed by atoms with E-state index in [-0.39, 0.29) is 25.7 Å². The van der Waals surface area contributed by atoms with E-state index in [1.54, 1.807) is 36.4 Å². The smallest absolute Gasteiger partial charge is 0.361 e. The van der Waals surface area contributed by atoms with E-state index >= 15 is 0 Å². The Morgan fingerprint density at radius 2 is 1.13 bits per heavy atom. The molecule has 4 atom stereocenters. The summed E-state index contributed by atoms with van der Waals surface area (Å²) in [5.74, 6) is -5.03. The van der Waals surface area contributed by atoms with Gasteiger partial charge >= 0.3 is 11.9 Å². The van der Waals surface area contributed by atoms with Crippen molar-refractivity contribution in [1.82, 2.24) is 0 Å². The summed E-state index contributed by atoms with van der Waals surface area (Å²) in [6, 6.07) is 10.3. The molecule has 9 heteroatoms. The predicted octanol–water partition coefficient (Wildman–Crippen LogP) is 6.12. The van der Waals surface area contributed by atoms with Crippen molar-refractivity contribution < 1.29 is 43.9 Å². The van der Waals surface area contributed by atoms with Gasteiger partial charge in [0.1, 0.15) is 17.5 Å².